The molecule has 0 radical (unpaired) electrons. The maximum Gasteiger partial charge on any atom is 0.270 e. The summed E-state index contributed by atoms with van der Waals surface area (Å²) in [7, 11) is 0. The molecule has 7 heteroatoms. The van der Waals surface area contributed by atoms with Gasteiger partial charge in [-0.25, -0.2) is 0 Å². The number of aliphatic hydroxyl groups excluding tert-OH is 1. The Morgan fingerprint density at radius 2 is 2.14 bits per heavy atom. The molecule has 0 unspecified atom stereocenters. The average Bonchev–Trinajstić information content (AvgIpc) is 2.92. The summed E-state index contributed by atoms with van der Waals surface area (Å²) >= 11 is 0. The Bertz CT molecular complexity index is 621. The van der Waals surface area contributed by atoms with Crippen molar-refractivity contribution in [2.45, 2.75) is 13.3 Å². The van der Waals surface area contributed by atoms with Crippen molar-refractivity contribution in [1.82, 2.24) is 25.5 Å². The van der Waals surface area contributed by atoms with Crippen LogP contribution in [-0.4, -0.2) is 44.4 Å². The molecular weight excluding hydrogens is 270 g/mol. The van der Waals surface area contributed by atoms with Crippen LogP contribution in [0.3, 0.4) is 0 Å². The third-order valence-electron chi connectivity index (χ3n) is 2.81. The first-order chi connectivity index (χ1) is 10.2. The van der Waals surface area contributed by atoms with Gasteiger partial charge in [-0.3, -0.25) is 4.79 Å². The summed E-state index contributed by atoms with van der Waals surface area (Å²) in [4.78, 5) is 12.3. The minimum atomic E-state index is -0.289. The molecule has 0 saturated heterocycles. The van der Waals surface area contributed by atoms with Crippen LogP contribution in [0.25, 0.3) is 11.8 Å². The van der Waals surface area contributed by atoms with Gasteiger partial charge in [-0.05, 0) is 35.4 Å². The van der Waals surface area contributed by atoms with Gasteiger partial charge in [-0.15, -0.1) is 5.10 Å². The van der Waals surface area contributed by atoms with Crippen molar-refractivity contribution in [3.05, 3.63) is 41.7 Å². The minimum Gasteiger partial charge on any atom is -0.396 e. The fraction of sp³-hybridized carbons (Fsp3) is 0.286. The van der Waals surface area contributed by atoms with Gasteiger partial charge >= 0.3 is 0 Å². The second-order valence-electron chi connectivity index (χ2n) is 4.41. The summed E-state index contributed by atoms with van der Waals surface area (Å²) in [5.41, 5.74) is 1.21. The quantitative estimate of drug-likeness (QED) is 0.595. The van der Waals surface area contributed by atoms with Crippen LogP contribution in [0.5, 0.6) is 0 Å². The number of nitrogens with one attached hydrogen (secondary N) is 1. The number of benzene rings is 1. The highest BCUT2D eigenvalue weighted by atomic mass is 16.3. The minimum absolute atomic E-state index is 0.0297. The van der Waals surface area contributed by atoms with Crippen molar-refractivity contribution in [1.29, 1.82) is 0 Å². The van der Waals surface area contributed by atoms with E-state index in [2.05, 4.69) is 20.8 Å². The van der Waals surface area contributed by atoms with E-state index in [4.69, 9.17) is 5.11 Å². The lowest BCUT2D eigenvalue weighted by Gasteiger charge is -2.09. The Kier molecular flexibility index (Phi) is 5.16. The van der Waals surface area contributed by atoms with Crippen LogP contribution in [0.1, 0.15) is 17.8 Å². The molecule has 0 aliphatic carbocycles. The lowest BCUT2D eigenvalue weighted by atomic mass is 10.2. The topological polar surface area (TPSA) is 92.9 Å². The van der Waals surface area contributed by atoms with Gasteiger partial charge in [0.25, 0.3) is 5.91 Å². The molecule has 1 heterocycles. The lowest BCUT2D eigenvalue weighted by Crippen LogP contribution is -2.28. The average molecular weight is 287 g/mol. The van der Waals surface area contributed by atoms with Gasteiger partial charge in [-0.1, -0.05) is 30.3 Å². The number of aromatic nitrogens is 4. The van der Waals surface area contributed by atoms with Crippen molar-refractivity contribution in [3.8, 4) is 0 Å². The third kappa shape index (κ3) is 3.96. The van der Waals surface area contributed by atoms with Gasteiger partial charge in [0.05, 0.1) is 0 Å². The molecule has 110 valence electrons. The molecule has 2 aromatic rings. The van der Waals surface area contributed by atoms with E-state index in [0.717, 1.165) is 5.56 Å². The number of carbonyl (C=O) groups is 1. The predicted molar refractivity (Wildman–Crippen MR) is 77.9 cm³/mol. The highest BCUT2D eigenvalue weighted by Crippen LogP contribution is 2.11. The molecule has 7 nitrogen and oxygen atoms in total. The molecule has 2 rings (SSSR count). The van der Waals surface area contributed by atoms with E-state index < -0.39 is 0 Å². The number of aryl methyl sites for hydroxylation is 1. The van der Waals surface area contributed by atoms with E-state index in [1.54, 1.807) is 13.0 Å². The Morgan fingerprint density at radius 3 is 2.76 bits per heavy atom. The van der Waals surface area contributed by atoms with Crippen molar-refractivity contribution < 1.29 is 9.90 Å². The number of rotatable bonds is 6. The van der Waals surface area contributed by atoms with E-state index in [-0.39, 0.29) is 12.5 Å². The number of nitrogens with zero attached hydrogens (tertiary/aromatic N) is 4. The first kappa shape index (κ1) is 14.9. The summed E-state index contributed by atoms with van der Waals surface area (Å²) in [5.74, 6) is 0.234. The molecule has 0 atom stereocenters. The molecule has 21 heavy (non-hydrogen) atoms. The first-order valence-electron chi connectivity index (χ1n) is 6.63. The van der Waals surface area contributed by atoms with E-state index in [1.807, 2.05) is 30.3 Å². The van der Waals surface area contributed by atoms with Crippen LogP contribution in [0.4, 0.5) is 0 Å². The highest BCUT2D eigenvalue weighted by molar-refractivity contribution is 6.18. The van der Waals surface area contributed by atoms with Crippen LogP contribution in [-0.2, 0) is 4.79 Å². The number of carbonyl (C=O) groups excluding carboxylic acids is 1. The maximum absolute atomic E-state index is 12.3. The van der Waals surface area contributed by atoms with Gasteiger partial charge in [0.15, 0.2) is 5.82 Å². The van der Waals surface area contributed by atoms with Gasteiger partial charge in [-0.2, -0.15) is 4.68 Å². The molecule has 1 amide bonds. The van der Waals surface area contributed by atoms with Crippen LogP contribution in [0.15, 0.2) is 30.3 Å². The largest absolute Gasteiger partial charge is 0.396 e. The van der Waals surface area contributed by atoms with Gasteiger partial charge in [0.2, 0.25) is 0 Å². The second kappa shape index (κ2) is 7.30. The smallest absolute Gasteiger partial charge is 0.270 e. The zero-order valence-corrected chi connectivity index (χ0v) is 11.7. The SMILES string of the molecule is Cc1nnnn1/C(=C/c1ccccc1)C(=O)NCCCO. The normalized spacial score (nSPS) is 11.4. The lowest BCUT2D eigenvalue weighted by molar-refractivity contribution is -0.116. The van der Waals surface area contributed by atoms with Crippen molar-refractivity contribution in [3.63, 3.8) is 0 Å². The third-order valence-corrected chi connectivity index (χ3v) is 2.81. The van der Waals surface area contributed by atoms with Crippen molar-refractivity contribution >= 4 is 17.7 Å². The van der Waals surface area contributed by atoms with Crippen LogP contribution < -0.4 is 5.32 Å². The first-order valence-corrected chi connectivity index (χ1v) is 6.63. The Labute approximate surface area is 122 Å². The molecule has 0 fully saturated rings. The molecule has 0 aliphatic heterocycles. The van der Waals surface area contributed by atoms with Crippen LogP contribution in [0, 0.1) is 6.92 Å². The molecule has 0 saturated carbocycles. The molecule has 1 aromatic carbocycles. The van der Waals surface area contributed by atoms with Gasteiger partial charge < -0.3 is 10.4 Å². The maximum atomic E-state index is 12.3. The Hall–Kier alpha value is -2.54. The summed E-state index contributed by atoms with van der Waals surface area (Å²) < 4.78 is 1.39. The van der Waals surface area contributed by atoms with Gasteiger partial charge in [0, 0.05) is 13.2 Å². The fourth-order valence-corrected chi connectivity index (χ4v) is 1.76. The number of amides is 1. The van der Waals surface area contributed by atoms with Gasteiger partial charge in [0.1, 0.15) is 5.70 Å². The van der Waals surface area contributed by atoms with Crippen molar-refractivity contribution in [2.24, 2.45) is 0 Å². The number of tetrazole rings is 1. The molecule has 0 bridgehead atoms. The Balaban J connectivity index is 2.29. The van der Waals surface area contributed by atoms with Crippen molar-refractivity contribution in [2.75, 3.05) is 13.2 Å². The summed E-state index contributed by atoms with van der Waals surface area (Å²) in [6.45, 7) is 2.14. The molecular formula is C14H17N5O2. The number of aliphatic hydroxyl groups is 1. The Morgan fingerprint density at radius 1 is 1.38 bits per heavy atom. The van der Waals surface area contributed by atoms with E-state index in [0.29, 0.717) is 24.5 Å². The van der Waals surface area contributed by atoms with E-state index in [1.165, 1.54) is 4.68 Å². The molecule has 0 aliphatic rings. The zero-order valence-electron chi connectivity index (χ0n) is 11.7. The molecule has 0 spiro atoms. The monoisotopic (exact) mass is 287 g/mol. The molecule has 1 aromatic heterocycles. The number of hydrogen-bond donors (Lipinski definition) is 2. The second-order valence-corrected chi connectivity index (χ2v) is 4.41. The number of hydrogen-bond acceptors (Lipinski definition) is 5. The predicted octanol–water partition coefficient (Wildman–Crippen LogP) is 0.478. The summed E-state index contributed by atoms with van der Waals surface area (Å²) in [6.07, 6.45) is 2.22. The molecule has 2 N–H and O–H groups in total. The van der Waals surface area contributed by atoms with Crippen LogP contribution >= 0.6 is 0 Å². The standard InChI is InChI=1S/C14H17N5O2/c1-11-16-17-18-19(11)13(14(21)15-8-5-9-20)10-12-6-3-2-4-7-12/h2-4,6-7,10,20H,5,8-9H2,1H3,(H,15,21)/b13-10+. The summed E-state index contributed by atoms with van der Waals surface area (Å²) in [5, 5.41) is 22.7. The highest BCUT2D eigenvalue weighted by Gasteiger charge is 2.15. The van der Waals surface area contributed by atoms with E-state index >= 15 is 0 Å². The fourth-order valence-electron chi connectivity index (χ4n) is 1.76. The summed E-state index contributed by atoms with van der Waals surface area (Å²) in [6, 6.07) is 9.46. The van der Waals surface area contributed by atoms with E-state index in [9.17, 15) is 4.79 Å². The zero-order chi connectivity index (χ0) is 15.1. The van der Waals surface area contributed by atoms with Crippen LogP contribution in [0.2, 0.25) is 0 Å².